The van der Waals surface area contributed by atoms with Gasteiger partial charge in [0.1, 0.15) is 5.69 Å². The highest BCUT2D eigenvalue weighted by atomic mass is 35.5. The highest BCUT2D eigenvalue weighted by Crippen LogP contribution is 2.30. The van der Waals surface area contributed by atoms with Gasteiger partial charge in [0.15, 0.2) is 5.78 Å². The van der Waals surface area contributed by atoms with Gasteiger partial charge in [0.2, 0.25) is 0 Å². The molecule has 1 N–H and O–H groups in total. The molecule has 3 aromatic carbocycles. The Morgan fingerprint density at radius 1 is 1.00 bits per heavy atom. The molecular formula is C20H15ClN2O3. The number of nitro benzene ring substituents is 1. The molecule has 6 heteroatoms. The van der Waals surface area contributed by atoms with E-state index in [0.29, 0.717) is 22.5 Å². The number of hydrogen-bond acceptors (Lipinski definition) is 4. The summed E-state index contributed by atoms with van der Waals surface area (Å²) in [5, 5.41) is 14.4. The molecule has 0 spiro atoms. The molecular weight excluding hydrogens is 352 g/mol. The smallest absolute Gasteiger partial charge is 0.292 e. The molecule has 0 saturated heterocycles. The topological polar surface area (TPSA) is 72.2 Å². The summed E-state index contributed by atoms with van der Waals surface area (Å²) in [5.74, 6) is -0.162. The van der Waals surface area contributed by atoms with E-state index in [4.69, 9.17) is 11.6 Å². The number of carbonyl (C=O) groups is 1. The molecule has 0 heterocycles. The van der Waals surface area contributed by atoms with E-state index in [0.717, 1.165) is 5.56 Å². The molecule has 0 aliphatic heterocycles. The number of nitrogens with zero attached hydrogens (tertiary/aromatic N) is 1. The van der Waals surface area contributed by atoms with Crippen LogP contribution in [0.15, 0.2) is 66.7 Å². The number of aryl methyl sites for hydroxylation is 1. The van der Waals surface area contributed by atoms with Crippen LogP contribution in [0.25, 0.3) is 0 Å². The lowest BCUT2D eigenvalue weighted by molar-refractivity contribution is -0.383. The zero-order chi connectivity index (χ0) is 18.7. The van der Waals surface area contributed by atoms with E-state index >= 15 is 0 Å². The van der Waals surface area contributed by atoms with Crippen molar-refractivity contribution in [3.63, 3.8) is 0 Å². The van der Waals surface area contributed by atoms with Crippen molar-refractivity contribution in [2.75, 3.05) is 5.32 Å². The summed E-state index contributed by atoms with van der Waals surface area (Å²) in [5.41, 5.74) is 2.72. The van der Waals surface area contributed by atoms with Gasteiger partial charge in [0.05, 0.1) is 9.95 Å². The number of nitrogens with one attached hydrogen (secondary N) is 1. The second-order valence-electron chi connectivity index (χ2n) is 5.74. The largest absolute Gasteiger partial charge is 0.350 e. The minimum absolute atomic E-state index is 0.0383. The van der Waals surface area contributed by atoms with Gasteiger partial charge in [-0.2, -0.15) is 0 Å². The molecule has 5 nitrogen and oxygen atoms in total. The first-order valence-electron chi connectivity index (χ1n) is 7.87. The third-order valence-electron chi connectivity index (χ3n) is 3.98. The van der Waals surface area contributed by atoms with Crippen LogP contribution in [0.3, 0.4) is 0 Å². The summed E-state index contributed by atoms with van der Waals surface area (Å²) >= 11 is 6.30. The number of rotatable bonds is 5. The first kappa shape index (κ1) is 17.6. The van der Waals surface area contributed by atoms with Gasteiger partial charge in [0.25, 0.3) is 5.69 Å². The first-order chi connectivity index (χ1) is 12.5. The predicted molar refractivity (Wildman–Crippen MR) is 102 cm³/mol. The molecule has 0 aliphatic rings. The molecule has 0 bridgehead atoms. The molecule has 3 aromatic rings. The SMILES string of the molecule is Cc1ccccc1C(=O)c1ccc(Nc2ccccc2[N+](=O)[O-])cc1Cl. The fourth-order valence-electron chi connectivity index (χ4n) is 2.64. The number of hydrogen-bond donors (Lipinski definition) is 1. The minimum Gasteiger partial charge on any atom is -0.350 e. The van der Waals surface area contributed by atoms with Crippen molar-refractivity contribution >= 4 is 34.4 Å². The number of para-hydroxylation sites is 2. The molecule has 0 amide bonds. The van der Waals surface area contributed by atoms with E-state index in [-0.39, 0.29) is 16.5 Å². The van der Waals surface area contributed by atoms with E-state index < -0.39 is 4.92 Å². The third-order valence-corrected chi connectivity index (χ3v) is 4.30. The van der Waals surface area contributed by atoms with Gasteiger partial charge in [-0.3, -0.25) is 14.9 Å². The Morgan fingerprint density at radius 2 is 1.69 bits per heavy atom. The summed E-state index contributed by atoms with van der Waals surface area (Å²) < 4.78 is 0. The monoisotopic (exact) mass is 366 g/mol. The molecule has 0 aromatic heterocycles. The van der Waals surface area contributed by atoms with E-state index in [1.807, 2.05) is 19.1 Å². The van der Waals surface area contributed by atoms with Crippen molar-refractivity contribution < 1.29 is 9.72 Å². The fourth-order valence-corrected chi connectivity index (χ4v) is 2.91. The summed E-state index contributed by atoms with van der Waals surface area (Å²) in [6.45, 7) is 1.87. The number of carbonyl (C=O) groups excluding carboxylic acids is 1. The van der Waals surface area contributed by atoms with Gasteiger partial charge in [-0.25, -0.2) is 0 Å². The van der Waals surface area contributed by atoms with Crippen LogP contribution in [0.2, 0.25) is 5.02 Å². The van der Waals surface area contributed by atoms with Crippen LogP contribution in [-0.4, -0.2) is 10.7 Å². The molecule has 0 aliphatic carbocycles. The normalized spacial score (nSPS) is 10.4. The molecule has 130 valence electrons. The van der Waals surface area contributed by atoms with Crippen molar-refractivity contribution in [1.29, 1.82) is 0 Å². The summed E-state index contributed by atoms with van der Waals surface area (Å²) in [6.07, 6.45) is 0. The number of halogens is 1. The number of nitro groups is 1. The fraction of sp³-hybridized carbons (Fsp3) is 0.0500. The molecule has 0 unspecified atom stereocenters. The predicted octanol–water partition coefficient (Wildman–Crippen LogP) is 5.53. The summed E-state index contributed by atoms with van der Waals surface area (Å²) in [7, 11) is 0. The van der Waals surface area contributed by atoms with E-state index in [1.165, 1.54) is 6.07 Å². The lowest BCUT2D eigenvalue weighted by Crippen LogP contribution is -2.05. The minimum atomic E-state index is -0.458. The van der Waals surface area contributed by atoms with Crippen LogP contribution in [0.5, 0.6) is 0 Å². The Kier molecular flexibility index (Phi) is 5.00. The van der Waals surface area contributed by atoms with Crippen LogP contribution in [0.4, 0.5) is 17.1 Å². The highest BCUT2D eigenvalue weighted by Gasteiger charge is 2.16. The maximum atomic E-state index is 12.7. The van der Waals surface area contributed by atoms with Gasteiger partial charge < -0.3 is 5.32 Å². The van der Waals surface area contributed by atoms with Crippen molar-refractivity contribution in [1.82, 2.24) is 0 Å². The molecule has 0 atom stereocenters. The summed E-state index contributed by atoms with van der Waals surface area (Å²) in [4.78, 5) is 23.4. The first-order valence-corrected chi connectivity index (χ1v) is 8.25. The average molecular weight is 367 g/mol. The van der Waals surface area contributed by atoms with E-state index in [1.54, 1.807) is 48.5 Å². The van der Waals surface area contributed by atoms with Crippen LogP contribution in [0.1, 0.15) is 21.5 Å². The van der Waals surface area contributed by atoms with Crippen molar-refractivity contribution in [2.45, 2.75) is 6.92 Å². The van der Waals surface area contributed by atoms with Gasteiger partial charge in [0, 0.05) is 22.9 Å². The number of ketones is 1. The third kappa shape index (κ3) is 3.58. The lowest BCUT2D eigenvalue weighted by atomic mass is 9.99. The average Bonchev–Trinajstić information content (AvgIpc) is 2.62. The maximum absolute atomic E-state index is 12.7. The lowest BCUT2D eigenvalue weighted by Gasteiger charge is -2.10. The second kappa shape index (κ2) is 7.37. The maximum Gasteiger partial charge on any atom is 0.292 e. The van der Waals surface area contributed by atoms with Gasteiger partial charge in [-0.15, -0.1) is 0 Å². The zero-order valence-corrected chi connectivity index (χ0v) is 14.7. The molecule has 0 fully saturated rings. The second-order valence-corrected chi connectivity index (χ2v) is 6.15. The van der Waals surface area contributed by atoms with Crippen molar-refractivity contribution in [3.05, 3.63) is 98.6 Å². The standard InChI is InChI=1S/C20H15ClN2O3/c1-13-6-2-3-7-15(13)20(24)16-11-10-14(12-17(16)21)22-18-8-4-5-9-19(18)23(25)26/h2-12,22H,1H3. The Balaban J connectivity index is 1.90. The zero-order valence-electron chi connectivity index (χ0n) is 13.9. The Bertz CT molecular complexity index is 1000. The van der Waals surface area contributed by atoms with Gasteiger partial charge in [-0.05, 0) is 36.8 Å². The Morgan fingerprint density at radius 3 is 2.38 bits per heavy atom. The highest BCUT2D eigenvalue weighted by molar-refractivity contribution is 6.35. The van der Waals surface area contributed by atoms with Crippen LogP contribution in [0, 0.1) is 17.0 Å². The molecule has 0 radical (unpaired) electrons. The Labute approximate surface area is 155 Å². The quantitative estimate of drug-likeness (QED) is 0.366. The number of anilines is 2. The van der Waals surface area contributed by atoms with E-state index in [2.05, 4.69) is 5.32 Å². The van der Waals surface area contributed by atoms with Crippen molar-refractivity contribution in [2.24, 2.45) is 0 Å². The molecule has 0 saturated carbocycles. The van der Waals surface area contributed by atoms with Crippen molar-refractivity contribution in [3.8, 4) is 0 Å². The van der Waals surface area contributed by atoms with Crippen LogP contribution in [-0.2, 0) is 0 Å². The Hall–Kier alpha value is -3.18. The van der Waals surface area contributed by atoms with Crippen LogP contribution >= 0.6 is 11.6 Å². The van der Waals surface area contributed by atoms with Gasteiger partial charge in [-0.1, -0.05) is 48.0 Å². The van der Waals surface area contributed by atoms with Crippen LogP contribution < -0.4 is 5.32 Å². The summed E-state index contributed by atoms with van der Waals surface area (Å²) in [6, 6.07) is 18.5. The molecule has 26 heavy (non-hydrogen) atoms. The van der Waals surface area contributed by atoms with E-state index in [9.17, 15) is 14.9 Å². The number of benzene rings is 3. The molecule has 3 rings (SSSR count). The van der Waals surface area contributed by atoms with Gasteiger partial charge >= 0.3 is 0 Å².